The fourth-order valence-corrected chi connectivity index (χ4v) is 4.11. The van der Waals surface area contributed by atoms with Crippen LogP contribution in [0, 0.1) is 0 Å². The Morgan fingerprint density at radius 2 is 1.61 bits per heavy atom. The molecule has 3 aromatic carbocycles. The molecule has 3 N–H and O–H groups in total. The highest BCUT2D eigenvalue weighted by atomic mass is 16.5. The molecule has 1 saturated carbocycles. The van der Waals surface area contributed by atoms with Crippen LogP contribution >= 0.6 is 0 Å². The normalized spacial score (nSPS) is 25.5. The minimum Gasteiger partial charge on any atom is -0.491 e. The van der Waals surface area contributed by atoms with E-state index in [-0.39, 0.29) is 18.7 Å². The number of benzene rings is 3. The van der Waals surface area contributed by atoms with Gasteiger partial charge in [-0.1, -0.05) is 60.7 Å². The van der Waals surface area contributed by atoms with Gasteiger partial charge in [0.2, 0.25) is 0 Å². The van der Waals surface area contributed by atoms with Crippen molar-refractivity contribution in [3.05, 3.63) is 77.9 Å². The zero-order chi connectivity index (χ0) is 19.1. The number of aliphatic hydroxyl groups is 1. The molecule has 0 aromatic heterocycles. The number of para-hydroxylation sites is 1. The van der Waals surface area contributed by atoms with Crippen LogP contribution in [0.3, 0.4) is 0 Å². The molecule has 1 aliphatic heterocycles. The average Bonchev–Trinajstić information content (AvgIpc) is 3.48. The Morgan fingerprint density at radius 1 is 0.893 bits per heavy atom. The van der Waals surface area contributed by atoms with Gasteiger partial charge in [-0.3, -0.25) is 0 Å². The molecule has 0 radical (unpaired) electrons. The zero-order valence-electron chi connectivity index (χ0n) is 15.3. The van der Waals surface area contributed by atoms with Crippen LogP contribution in [0.25, 0.3) is 10.8 Å². The first-order valence-corrected chi connectivity index (χ1v) is 9.65. The lowest BCUT2D eigenvalue weighted by atomic mass is 9.99. The largest absolute Gasteiger partial charge is 0.491 e. The first-order chi connectivity index (χ1) is 13.7. The van der Waals surface area contributed by atoms with Crippen LogP contribution in [0.4, 0.5) is 4.79 Å². The van der Waals surface area contributed by atoms with Crippen molar-refractivity contribution >= 4 is 16.8 Å². The second-order valence-corrected chi connectivity index (χ2v) is 7.54. The molecule has 4 atom stereocenters. The number of hydrogen-bond donors (Lipinski definition) is 3. The highest BCUT2D eigenvalue weighted by Crippen LogP contribution is 2.43. The summed E-state index contributed by atoms with van der Waals surface area (Å²) in [7, 11) is 0. The van der Waals surface area contributed by atoms with Crippen LogP contribution in [0.2, 0.25) is 0 Å². The molecule has 2 aliphatic rings. The predicted octanol–water partition coefficient (Wildman–Crippen LogP) is 3.49. The number of amides is 2. The molecular weight excluding hydrogens is 352 g/mol. The molecule has 2 amide bonds. The van der Waals surface area contributed by atoms with Crippen molar-refractivity contribution in [3.63, 3.8) is 0 Å². The molecule has 0 saturated heterocycles. The van der Waals surface area contributed by atoms with E-state index in [0.717, 1.165) is 6.42 Å². The fourth-order valence-electron chi connectivity index (χ4n) is 4.11. The maximum absolute atomic E-state index is 12.5. The predicted molar refractivity (Wildman–Crippen MR) is 107 cm³/mol. The molecule has 0 spiro atoms. The topological polar surface area (TPSA) is 70.6 Å². The van der Waals surface area contributed by atoms with Crippen molar-refractivity contribution < 1.29 is 14.6 Å². The maximum atomic E-state index is 12.5. The van der Waals surface area contributed by atoms with Gasteiger partial charge in [0.05, 0.1) is 6.04 Å². The van der Waals surface area contributed by atoms with Crippen molar-refractivity contribution in [3.8, 4) is 5.75 Å². The van der Waals surface area contributed by atoms with Gasteiger partial charge in [-0.05, 0) is 28.8 Å². The third-order valence-electron chi connectivity index (χ3n) is 5.68. The molecule has 1 fully saturated rings. The molecule has 3 aromatic rings. The summed E-state index contributed by atoms with van der Waals surface area (Å²) in [5, 5.41) is 18.9. The van der Waals surface area contributed by atoms with Crippen LogP contribution < -0.4 is 15.4 Å². The van der Waals surface area contributed by atoms with E-state index in [9.17, 15) is 9.90 Å². The standard InChI is InChI=1S/C23H22N2O3/c26-22-17-9-3-4-11-21(17)28-13-20(22)25-23(27)24-19-12-18(19)16-10-5-7-14-6-1-2-8-15(14)16/h1-11,18-20,22,26H,12-13H2,(H2,24,25,27)/t18-,19+,20?,22?/m0/s1. The van der Waals surface area contributed by atoms with E-state index in [2.05, 4.69) is 41.0 Å². The zero-order valence-corrected chi connectivity index (χ0v) is 15.3. The van der Waals surface area contributed by atoms with Crippen molar-refractivity contribution in [2.75, 3.05) is 6.61 Å². The summed E-state index contributed by atoms with van der Waals surface area (Å²) in [5.74, 6) is 0.997. The Balaban J connectivity index is 1.23. The molecular formula is C23H22N2O3. The van der Waals surface area contributed by atoms with Crippen LogP contribution in [-0.4, -0.2) is 29.8 Å². The number of hydrogen-bond acceptors (Lipinski definition) is 3. The quantitative estimate of drug-likeness (QED) is 0.657. The number of nitrogens with one attached hydrogen (secondary N) is 2. The number of carbonyl (C=O) groups is 1. The van der Waals surface area contributed by atoms with E-state index < -0.39 is 12.1 Å². The molecule has 5 rings (SSSR count). The third kappa shape index (κ3) is 3.08. The van der Waals surface area contributed by atoms with E-state index >= 15 is 0 Å². The summed E-state index contributed by atoms with van der Waals surface area (Å²) >= 11 is 0. The SMILES string of the molecule is O=C(NC1COc2ccccc2C1O)N[C@@H]1C[C@H]1c1cccc2ccccc12. The van der Waals surface area contributed by atoms with E-state index in [1.807, 2.05) is 36.4 Å². The smallest absolute Gasteiger partial charge is 0.315 e. The van der Waals surface area contributed by atoms with Crippen LogP contribution in [-0.2, 0) is 0 Å². The van der Waals surface area contributed by atoms with Gasteiger partial charge in [0.25, 0.3) is 0 Å². The van der Waals surface area contributed by atoms with Gasteiger partial charge >= 0.3 is 6.03 Å². The first kappa shape index (κ1) is 17.1. The van der Waals surface area contributed by atoms with Crippen LogP contribution in [0.5, 0.6) is 5.75 Å². The van der Waals surface area contributed by atoms with Gasteiger partial charge in [0.15, 0.2) is 0 Å². The number of carbonyl (C=O) groups excluding carboxylic acids is 1. The molecule has 1 aliphatic carbocycles. The molecule has 0 bridgehead atoms. The lowest BCUT2D eigenvalue weighted by Gasteiger charge is -2.30. The molecule has 28 heavy (non-hydrogen) atoms. The van der Waals surface area contributed by atoms with Crippen molar-refractivity contribution in [1.82, 2.24) is 10.6 Å². The van der Waals surface area contributed by atoms with Crippen LogP contribution in [0.1, 0.15) is 29.6 Å². The van der Waals surface area contributed by atoms with Gasteiger partial charge in [0.1, 0.15) is 18.5 Å². The Morgan fingerprint density at radius 3 is 2.54 bits per heavy atom. The van der Waals surface area contributed by atoms with Gasteiger partial charge in [-0.15, -0.1) is 0 Å². The molecule has 5 nitrogen and oxygen atoms in total. The molecule has 142 valence electrons. The number of fused-ring (bicyclic) bond motifs is 2. The van der Waals surface area contributed by atoms with Crippen molar-refractivity contribution in [2.45, 2.75) is 30.5 Å². The minimum atomic E-state index is -0.774. The van der Waals surface area contributed by atoms with E-state index in [4.69, 9.17) is 4.74 Å². The molecule has 1 heterocycles. The van der Waals surface area contributed by atoms with E-state index in [0.29, 0.717) is 17.2 Å². The summed E-state index contributed by atoms with van der Waals surface area (Å²) in [4.78, 5) is 12.5. The number of rotatable bonds is 3. The summed E-state index contributed by atoms with van der Waals surface area (Å²) in [6.45, 7) is 0.253. The van der Waals surface area contributed by atoms with Gasteiger partial charge in [0, 0.05) is 17.5 Å². The fraction of sp³-hybridized carbons (Fsp3) is 0.261. The minimum absolute atomic E-state index is 0.111. The molecule has 5 heteroatoms. The highest BCUT2D eigenvalue weighted by Gasteiger charge is 2.41. The first-order valence-electron chi connectivity index (χ1n) is 9.65. The van der Waals surface area contributed by atoms with Crippen molar-refractivity contribution in [2.24, 2.45) is 0 Å². The Hall–Kier alpha value is -3.05. The number of aliphatic hydroxyl groups excluding tert-OH is 1. The van der Waals surface area contributed by atoms with Crippen LogP contribution in [0.15, 0.2) is 66.7 Å². The monoisotopic (exact) mass is 374 g/mol. The number of urea groups is 1. The lowest BCUT2D eigenvalue weighted by molar-refractivity contribution is 0.0774. The summed E-state index contributed by atoms with van der Waals surface area (Å²) < 4.78 is 5.66. The Bertz CT molecular complexity index is 1030. The van der Waals surface area contributed by atoms with E-state index in [1.165, 1.54) is 16.3 Å². The summed E-state index contributed by atoms with van der Waals surface area (Å²) in [5.41, 5.74) is 1.98. The van der Waals surface area contributed by atoms with Gasteiger partial charge in [-0.25, -0.2) is 4.79 Å². The Labute approximate surface area is 163 Å². The van der Waals surface area contributed by atoms with E-state index in [1.54, 1.807) is 0 Å². The Kier molecular flexibility index (Phi) is 4.17. The third-order valence-corrected chi connectivity index (χ3v) is 5.68. The lowest BCUT2D eigenvalue weighted by Crippen LogP contribution is -2.49. The second-order valence-electron chi connectivity index (χ2n) is 7.54. The number of ether oxygens (including phenoxy) is 1. The highest BCUT2D eigenvalue weighted by molar-refractivity contribution is 5.87. The molecule has 2 unspecified atom stereocenters. The second kappa shape index (κ2) is 6.84. The average molecular weight is 374 g/mol. The van der Waals surface area contributed by atoms with Crippen molar-refractivity contribution in [1.29, 1.82) is 0 Å². The van der Waals surface area contributed by atoms with Gasteiger partial charge < -0.3 is 20.5 Å². The van der Waals surface area contributed by atoms with Gasteiger partial charge in [-0.2, -0.15) is 0 Å². The summed E-state index contributed by atoms with van der Waals surface area (Å²) in [6.07, 6.45) is 0.150. The summed E-state index contributed by atoms with van der Waals surface area (Å²) in [6, 6.07) is 21.4. The maximum Gasteiger partial charge on any atom is 0.315 e.